The molecule has 3 N–H and O–H groups in total. The van der Waals surface area contributed by atoms with E-state index >= 15 is 0 Å². The van der Waals surface area contributed by atoms with Crippen LogP contribution in [0.4, 0.5) is 0 Å². The standard InChI is InChI=1S/C15H22N2O3/c1-10(2)17(7-6-14(18)19)9-13-5-4-12(15(16)20)8-11(13)3/h4-5,8,10H,6-7,9H2,1-3H3,(H2,16,20)(H,18,19). The Hall–Kier alpha value is -1.88. The highest BCUT2D eigenvalue weighted by Crippen LogP contribution is 2.15. The minimum atomic E-state index is -0.795. The smallest absolute Gasteiger partial charge is 0.304 e. The van der Waals surface area contributed by atoms with Crippen LogP contribution in [0, 0.1) is 6.92 Å². The molecule has 0 aliphatic heterocycles. The van der Waals surface area contributed by atoms with Crippen LogP contribution < -0.4 is 5.73 Å². The Morgan fingerprint density at radius 2 is 2.00 bits per heavy atom. The zero-order valence-corrected chi connectivity index (χ0v) is 12.2. The van der Waals surface area contributed by atoms with E-state index in [1.807, 2.05) is 26.8 Å². The highest BCUT2D eigenvalue weighted by molar-refractivity contribution is 5.93. The van der Waals surface area contributed by atoms with Crippen LogP contribution in [0.2, 0.25) is 0 Å². The van der Waals surface area contributed by atoms with Gasteiger partial charge in [-0.05, 0) is 44.0 Å². The molecule has 0 unspecified atom stereocenters. The maximum absolute atomic E-state index is 11.1. The van der Waals surface area contributed by atoms with Gasteiger partial charge in [0.2, 0.25) is 5.91 Å². The van der Waals surface area contributed by atoms with Crippen LogP contribution in [0.3, 0.4) is 0 Å². The van der Waals surface area contributed by atoms with Crippen LogP contribution in [0.1, 0.15) is 41.8 Å². The highest BCUT2D eigenvalue weighted by Gasteiger charge is 2.13. The molecule has 0 aliphatic rings. The second-order valence-corrected chi connectivity index (χ2v) is 5.21. The Balaban J connectivity index is 2.83. The molecule has 0 radical (unpaired) electrons. The number of benzene rings is 1. The maximum Gasteiger partial charge on any atom is 0.304 e. The third kappa shape index (κ3) is 4.66. The number of nitrogens with zero attached hydrogens (tertiary/aromatic N) is 1. The van der Waals surface area contributed by atoms with Crippen LogP contribution in [0.25, 0.3) is 0 Å². The van der Waals surface area contributed by atoms with Crippen molar-refractivity contribution in [1.82, 2.24) is 4.90 Å². The summed E-state index contributed by atoms with van der Waals surface area (Å²) in [5.41, 5.74) is 7.81. The van der Waals surface area contributed by atoms with Gasteiger partial charge in [0, 0.05) is 24.7 Å². The first-order valence-electron chi connectivity index (χ1n) is 6.66. The fourth-order valence-electron chi connectivity index (χ4n) is 2.00. The number of amides is 1. The van der Waals surface area contributed by atoms with Crippen LogP contribution in [0.5, 0.6) is 0 Å². The number of primary amides is 1. The normalized spacial score (nSPS) is 11.1. The summed E-state index contributed by atoms with van der Waals surface area (Å²) in [6.07, 6.45) is 0.122. The summed E-state index contributed by atoms with van der Waals surface area (Å²) in [6.45, 7) is 7.17. The lowest BCUT2D eigenvalue weighted by Crippen LogP contribution is -2.32. The van der Waals surface area contributed by atoms with E-state index in [1.54, 1.807) is 12.1 Å². The van der Waals surface area contributed by atoms with Gasteiger partial charge in [-0.15, -0.1) is 0 Å². The largest absolute Gasteiger partial charge is 0.481 e. The molecule has 1 aromatic carbocycles. The van der Waals surface area contributed by atoms with E-state index in [-0.39, 0.29) is 12.5 Å². The SMILES string of the molecule is Cc1cc(C(N)=O)ccc1CN(CCC(=O)O)C(C)C. The van der Waals surface area contributed by atoms with Crippen molar-refractivity contribution in [2.75, 3.05) is 6.54 Å². The minimum Gasteiger partial charge on any atom is -0.481 e. The first kappa shape index (κ1) is 16.2. The van der Waals surface area contributed by atoms with E-state index < -0.39 is 11.9 Å². The van der Waals surface area contributed by atoms with E-state index in [0.717, 1.165) is 11.1 Å². The Morgan fingerprint density at radius 3 is 2.45 bits per heavy atom. The molecule has 0 heterocycles. The van der Waals surface area contributed by atoms with Gasteiger partial charge >= 0.3 is 5.97 Å². The predicted octanol–water partition coefficient (Wildman–Crippen LogP) is 1.78. The van der Waals surface area contributed by atoms with Crippen LogP contribution in [0.15, 0.2) is 18.2 Å². The lowest BCUT2D eigenvalue weighted by molar-refractivity contribution is -0.137. The van der Waals surface area contributed by atoms with Crippen molar-refractivity contribution in [1.29, 1.82) is 0 Å². The second-order valence-electron chi connectivity index (χ2n) is 5.21. The summed E-state index contributed by atoms with van der Waals surface area (Å²) in [5.74, 6) is -1.23. The number of carboxylic acid groups (broad SMARTS) is 1. The summed E-state index contributed by atoms with van der Waals surface area (Å²) >= 11 is 0. The lowest BCUT2D eigenvalue weighted by atomic mass is 10.0. The molecular weight excluding hydrogens is 256 g/mol. The summed E-state index contributed by atoms with van der Waals surface area (Å²) in [4.78, 5) is 23.9. The van der Waals surface area contributed by atoms with Crippen molar-refractivity contribution in [3.8, 4) is 0 Å². The molecular formula is C15H22N2O3. The van der Waals surface area contributed by atoms with Crippen LogP contribution >= 0.6 is 0 Å². The average Bonchev–Trinajstić information content (AvgIpc) is 2.35. The Morgan fingerprint density at radius 1 is 1.35 bits per heavy atom. The van der Waals surface area contributed by atoms with Gasteiger partial charge in [-0.1, -0.05) is 6.07 Å². The Kier molecular flexibility index (Phi) is 5.70. The number of hydrogen-bond acceptors (Lipinski definition) is 3. The van der Waals surface area contributed by atoms with E-state index in [9.17, 15) is 9.59 Å². The van der Waals surface area contributed by atoms with Crippen molar-refractivity contribution in [3.63, 3.8) is 0 Å². The molecule has 1 aromatic rings. The lowest BCUT2D eigenvalue weighted by Gasteiger charge is -2.26. The van der Waals surface area contributed by atoms with Crippen molar-refractivity contribution in [2.24, 2.45) is 5.73 Å². The number of hydrogen-bond donors (Lipinski definition) is 2. The van der Waals surface area contributed by atoms with E-state index in [4.69, 9.17) is 10.8 Å². The quantitative estimate of drug-likeness (QED) is 0.796. The molecule has 5 nitrogen and oxygen atoms in total. The molecule has 0 aliphatic carbocycles. The molecule has 0 bridgehead atoms. The molecule has 1 amide bonds. The van der Waals surface area contributed by atoms with Gasteiger partial charge in [0.25, 0.3) is 0 Å². The summed E-state index contributed by atoms with van der Waals surface area (Å²) in [7, 11) is 0. The van der Waals surface area contributed by atoms with Gasteiger partial charge in [-0.25, -0.2) is 0 Å². The van der Waals surface area contributed by atoms with Crippen molar-refractivity contribution < 1.29 is 14.7 Å². The van der Waals surface area contributed by atoms with Gasteiger partial charge in [0.1, 0.15) is 0 Å². The monoisotopic (exact) mass is 278 g/mol. The molecule has 5 heteroatoms. The summed E-state index contributed by atoms with van der Waals surface area (Å²) < 4.78 is 0. The number of aliphatic carboxylic acids is 1. The molecule has 0 spiro atoms. The van der Waals surface area contributed by atoms with Crippen LogP contribution in [-0.4, -0.2) is 34.5 Å². The topological polar surface area (TPSA) is 83.6 Å². The van der Waals surface area contributed by atoms with E-state index in [2.05, 4.69) is 4.90 Å². The van der Waals surface area contributed by atoms with Gasteiger partial charge in [-0.2, -0.15) is 0 Å². The second kappa shape index (κ2) is 7.05. The first-order chi connectivity index (χ1) is 9.31. The highest BCUT2D eigenvalue weighted by atomic mass is 16.4. The van der Waals surface area contributed by atoms with Gasteiger partial charge in [0.05, 0.1) is 6.42 Å². The van der Waals surface area contributed by atoms with E-state index in [0.29, 0.717) is 18.7 Å². The number of carbonyl (C=O) groups excluding carboxylic acids is 1. The van der Waals surface area contributed by atoms with Gasteiger partial charge in [-0.3, -0.25) is 14.5 Å². The summed E-state index contributed by atoms with van der Waals surface area (Å²) in [5, 5.41) is 8.78. The molecule has 1 rings (SSSR count). The van der Waals surface area contributed by atoms with Crippen LogP contribution in [-0.2, 0) is 11.3 Å². The zero-order chi connectivity index (χ0) is 15.3. The molecule has 20 heavy (non-hydrogen) atoms. The number of aryl methyl sites for hydroxylation is 1. The molecule has 0 fully saturated rings. The predicted molar refractivity (Wildman–Crippen MR) is 77.5 cm³/mol. The fourth-order valence-corrected chi connectivity index (χ4v) is 2.00. The first-order valence-corrected chi connectivity index (χ1v) is 6.66. The van der Waals surface area contributed by atoms with Crippen molar-refractivity contribution >= 4 is 11.9 Å². The molecule has 0 aromatic heterocycles. The number of carboxylic acids is 1. The molecule has 0 atom stereocenters. The maximum atomic E-state index is 11.1. The summed E-state index contributed by atoms with van der Waals surface area (Å²) in [6, 6.07) is 5.61. The van der Waals surface area contributed by atoms with Crippen molar-refractivity contribution in [3.05, 3.63) is 34.9 Å². The molecule has 0 saturated heterocycles. The van der Waals surface area contributed by atoms with E-state index in [1.165, 1.54) is 0 Å². The van der Waals surface area contributed by atoms with Crippen molar-refractivity contribution in [2.45, 2.75) is 39.8 Å². The number of carbonyl (C=O) groups is 2. The minimum absolute atomic E-state index is 0.122. The number of rotatable bonds is 7. The molecule has 110 valence electrons. The fraction of sp³-hybridized carbons (Fsp3) is 0.467. The third-order valence-electron chi connectivity index (χ3n) is 3.34. The number of nitrogens with two attached hydrogens (primary N) is 1. The average molecular weight is 278 g/mol. The Bertz CT molecular complexity index is 498. The van der Waals surface area contributed by atoms with Gasteiger partial charge < -0.3 is 10.8 Å². The zero-order valence-electron chi connectivity index (χ0n) is 12.2. The third-order valence-corrected chi connectivity index (χ3v) is 3.34. The molecule has 0 saturated carbocycles. The van der Waals surface area contributed by atoms with Gasteiger partial charge in [0.15, 0.2) is 0 Å². The Labute approximate surface area is 119 Å².